The maximum Gasteiger partial charge on any atom is 0.315 e. The van der Waals surface area contributed by atoms with Crippen molar-refractivity contribution >= 4 is 5.97 Å². The molecule has 0 aromatic rings. The number of cyclic esters (lactones) is 1. The molecule has 2 aliphatic heterocycles. The van der Waals surface area contributed by atoms with Gasteiger partial charge < -0.3 is 9.47 Å². The van der Waals surface area contributed by atoms with Crippen molar-refractivity contribution in [2.75, 3.05) is 6.61 Å². The number of fused-ring (bicyclic) bond motifs is 1. The molecule has 4 atom stereocenters. The lowest BCUT2D eigenvalue weighted by molar-refractivity contribution is -0.150. The summed E-state index contributed by atoms with van der Waals surface area (Å²) in [6.45, 7) is 8.82. The Labute approximate surface area is 91.1 Å². The first-order valence-corrected chi connectivity index (χ1v) is 5.83. The van der Waals surface area contributed by atoms with E-state index in [2.05, 4.69) is 20.8 Å². The number of hydrogen-bond donors (Lipinski definition) is 0. The summed E-state index contributed by atoms with van der Waals surface area (Å²) in [6, 6.07) is 0. The van der Waals surface area contributed by atoms with Crippen LogP contribution in [-0.2, 0) is 14.3 Å². The summed E-state index contributed by atoms with van der Waals surface area (Å²) in [4.78, 5) is 11.9. The molecule has 3 heteroatoms. The molecule has 0 aliphatic carbocycles. The molecule has 0 amide bonds. The summed E-state index contributed by atoms with van der Waals surface area (Å²) < 4.78 is 11.3. The molecule has 0 saturated carbocycles. The van der Waals surface area contributed by atoms with Crippen LogP contribution in [0.4, 0.5) is 0 Å². The van der Waals surface area contributed by atoms with Gasteiger partial charge in [-0.1, -0.05) is 20.8 Å². The predicted octanol–water partition coefficient (Wildman–Crippen LogP) is 2.14. The highest BCUT2D eigenvalue weighted by atomic mass is 16.6. The van der Waals surface area contributed by atoms with E-state index in [-0.39, 0.29) is 23.6 Å². The van der Waals surface area contributed by atoms with Crippen molar-refractivity contribution in [2.45, 2.75) is 52.7 Å². The zero-order valence-corrected chi connectivity index (χ0v) is 10.0. The molecular formula is C12H20O3. The van der Waals surface area contributed by atoms with Gasteiger partial charge in [0.15, 0.2) is 0 Å². The van der Waals surface area contributed by atoms with E-state index in [4.69, 9.17) is 9.47 Å². The Bertz CT molecular complexity index is 289. The van der Waals surface area contributed by atoms with Crippen LogP contribution in [0.25, 0.3) is 0 Å². The minimum atomic E-state index is -0.442. The van der Waals surface area contributed by atoms with Crippen LogP contribution in [0.5, 0.6) is 0 Å². The Morgan fingerprint density at radius 1 is 1.27 bits per heavy atom. The average Bonchev–Trinajstić information content (AvgIpc) is 2.59. The molecule has 0 aromatic carbocycles. The summed E-state index contributed by atoms with van der Waals surface area (Å²) in [6.07, 6.45) is 1.98. The van der Waals surface area contributed by atoms with E-state index < -0.39 is 5.41 Å². The van der Waals surface area contributed by atoms with E-state index in [1.54, 1.807) is 0 Å². The first-order valence-electron chi connectivity index (χ1n) is 5.83. The van der Waals surface area contributed by atoms with Crippen LogP contribution in [0.15, 0.2) is 0 Å². The number of rotatable bonds is 2. The summed E-state index contributed by atoms with van der Waals surface area (Å²) in [5, 5.41) is 0. The van der Waals surface area contributed by atoms with Gasteiger partial charge in [0.25, 0.3) is 0 Å². The summed E-state index contributed by atoms with van der Waals surface area (Å²) in [5.74, 6) is -0.0761. The average molecular weight is 212 g/mol. The molecule has 4 unspecified atom stereocenters. The number of hydrogen-bond acceptors (Lipinski definition) is 3. The zero-order chi connectivity index (χ0) is 11.3. The van der Waals surface area contributed by atoms with Crippen LogP contribution < -0.4 is 0 Å². The minimum absolute atomic E-state index is 0.0162. The van der Waals surface area contributed by atoms with Crippen LogP contribution in [0.2, 0.25) is 0 Å². The molecule has 2 heterocycles. The van der Waals surface area contributed by atoms with Gasteiger partial charge in [0.1, 0.15) is 12.0 Å². The fourth-order valence-corrected chi connectivity index (χ4v) is 3.21. The highest BCUT2D eigenvalue weighted by molar-refractivity contribution is 5.81. The molecule has 0 bridgehead atoms. The second-order valence-electron chi connectivity index (χ2n) is 5.13. The lowest BCUT2D eigenvalue weighted by Gasteiger charge is -2.32. The third kappa shape index (κ3) is 1.07. The fourth-order valence-electron chi connectivity index (χ4n) is 3.21. The maximum atomic E-state index is 11.9. The number of carbonyl (C=O) groups excluding carboxylic acids is 1. The molecule has 0 N–H and O–H groups in total. The van der Waals surface area contributed by atoms with Crippen LogP contribution in [-0.4, -0.2) is 24.8 Å². The number of ether oxygens (including phenoxy) is 2. The summed E-state index contributed by atoms with van der Waals surface area (Å²) in [5.41, 5.74) is -0.581. The highest BCUT2D eigenvalue weighted by Gasteiger charge is 2.68. The largest absolute Gasteiger partial charge is 0.464 e. The zero-order valence-electron chi connectivity index (χ0n) is 10.0. The van der Waals surface area contributed by atoms with Gasteiger partial charge in [-0.2, -0.15) is 0 Å². The monoisotopic (exact) mass is 212 g/mol. The SMILES string of the molecule is CCC1OC(CC)C2(C)C(=O)OCC12C. The van der Waals surface area contributed by atoms with Crippen LogP contribution in [0, 0.1) is 10.8 Å². The molecule has 15 heavy (non-hydrogen) atoms. The standard InChI is InChI=1S/C12H20O3/c1-5-8-11(3)7-14-10(13)12(11,4)9(6-2)15-8/h8-9H,5-7H2,1-4H3. The lowest BCUT2D eigenvalue weighted by Crippen LogP contribution is -2.44. The Morgan fingerprint density at radius 3 is 2.40 bits per heavy atom. The Hall–Kier alpha value is -0.570. The molecule has 2 rings (SSSR count). The topological polar surface area (TPSA) is 35.5 Å². The second kappa shape index (κ2) is 3.21. The van der Waals surface area contributed by atoms with E-state index in [1.807, 2.05) is 6.92 Å². The van der Waals surface area contributed by atoms with E-state index >= 15 is 0 Å². The van der Waals surface area contributed by atoms with Gasteiger partial charge >= 0.3 is 5.97 Å². The van der Waals surface area contributed by atoms with E-state index in [0.717, 1.165) is 12.8 Å². The molecular weight excluding hydrogens is 192 g/mol. The van der Waals surface area contributed by atoms with Gasteiger partial charge in [0, 0.05) is 5.41 Å². The molecule has 86 valence electrons. The molecule has 0 spiro atoms. The molecule has 0 radical (unpaired) electrons. The first kappa shape index (κ1) is 10.9. The summed E-state index contributed by atoms with van der Waals surface area (Å²) in [7, 11) is 0. The molecule has 2 aliphatic rings. The van der Waals surface area contributed by atoms with E-state index in [0.29, 0.717) is 6.61 Å². The van der Waals surface area contributed by atoms with Crippen LogP contribution in [0.1, 0.15) is 40.5 Å². The van der Waals surface area contributed by atoms with Crippen molar-refractivity contribution in [1.29, 1.82) is 0 Å². The third-order valence-corrected chi connectivity index (χ3v) is 4.54. The van der Waals surface area contributed by atoms with Gasteiger partial charge in [-0.15, -0.1) is 0 Å². The Balaban J connectivity index is 2.43. The van der Waals surface area contributed by atoms with Crippen molar-refractivity contribution < 1.29 is 14.3 Å². The van der Waals surface area contributed by atoms with Gasteiger partial charge in [0.05, 0.1) is 12.2 Å². The fraction of sp³-hybridized carbons (Fsp3) is 0.917. The normalized spacial score (nSPS) is 49.2. The van der Waals surface area contributed by atoms with Gasteiger partial charge in [-0.05, 0) is 19.8 Å². The van der Waals surface area contributed by atoms with Crippen LogP contribution in [0.3, 0.4) is 0 Å². The van der Waals surface area contributed by atoms with Crippen molar-refractivity contribution in [3.63, 3.8) is 0 Å². The van der Waals surface area contributed by atoms with Gasteiger partial charge in [-0.25, -0.2) is 0 Å². The Morgan fingerprint density at radius 2 is 1.87 bits per heavy atom. The van der Waals surface area contributed by atoms with Gasteiger partial charge in [0.2, 0.25) is 0 Å². The quantitative estimate of drug-likeness (QED) is 0.658. The number of esters is 1. The molecule has 3 nitrogen and oxygen atoms in total. The first-order chi connectivity index (χ1) is 7.00. The van der Waals surface area contributed by atoms with Crippen molar-refractivity contribution in [3.05, 3.63) is 0 Å². The second-order valence-corrected chi connectivity index (χ2v) is 5.13. The highest BCUT2D eigenvalue weighted by Crippen LogP contribution is 2.58. The lowest BCUT2D eigenvalue weighted by atomic mass is 9.63. The minimum Gasteiger partial charge on any atom is -0.464 e. The Kier molecular flexibility index (Phi) is 2.34. The van der Waals surface area contributed by atoms with Gasteiger partial charge in [-0.3, -0.25) is 4.79 Å². The van der Waals surface area contributed by atoms with Crippen molar-refractivity contribution in [1.82, 2.24) is 0 Å². The van der Waals surface area contributed by atoms with Crippen molar-refractivity contribution in [2.24, 2.45) is 10.8 Å². The third-order valence-electron chi connectivity index (χ3n) is 4.54. The van der Waals surface area contributed by atoms with E-state index in [1.165, 1.54) is 0 Å². The van der Waals surface area contributed by atoms with Crippen LogP contribution >= 0.6 is 0 Å². The predicted molar refractivity (Wildman–Crippen MR) is 56.4 cm³/mol. The molecule has 0 aromatic heterocycles. The maximum absolute atomic E-state index is 11.9. The molecule has 2 saturated heterocycles. The summed E-state index contributed by atoms with van der Waals surface area (Å²) >= 11 is 0. The number of carbonyl (C=O) groups is 1. The smallest absolute Gasteiger partial charge is 0.315 e. The molecule has 2 fully saturated rings. The van der Waals surface area contributed by atoms with E-state index in [9.17, 15) is 4.79 Å². The van der Waals surface area contributed by atoms with Crippen molar-refractivity contribution in [3.8, 4) is 0 Å².